The summed E-state index contributed by atoms with van der Waals surface area (Å²) in [5.41, 5.74) is -0.296. The third kappa shape index (κ3) is 2.84. The second-order valence-electron chi connectivity index (χ2n) is 5.80. The van der Waals surface area contributed by atoms with E-state index in [-0.39, 0.29) is 30.1 Å². The Labute approximate surface area is 108 Å². The predicted octanol–water partition coefficient (Wildman–Crippen LogP) is -0.0157. The van der Waals surface area contributed by atoms with Crippen LogP contribution in [0.5, 0.6) is 0 Å². The second-order valence-corrected chi connectivity index (χ2v) is 5.80. The van der Waals surface area contributed by atoms with E-state index >= 15 is 0 Å². The van der Waals surface area contributed by atoms with Crippen molar-refractivity contribution in [3.8, 4) is 0 Å². The topological polar surface area (TPSA) is 61.8 Å². The number of nitrogens with zero attached hydrogens (tertiary/aromatic N) is 1. The lowest BCUT2D eigenvalue weighted by atomic mass is 9.81. The lowest BCUT2D eigenvalue weighted by Gasteiger charge is -2.42. The van der Waals surface area contributed by atoms with Crippen LogP contribution >= 0.6 is 0 Å². The van der Waals surface area contributed by atoms with Gasteiger partial charge in [0.2, 0.25) is 5.91 Å². The van der Waals surface area contributed by atoms with Gasteiger partial charge in [-0.05, 0) is 33.2 Å². The van der Waals surface area contributed by atoms with Gasteiger partial charge in [-0.25, -0.2) is 0 Å². The van der Waals surface area contributed by atoms with Crippen LogP contribution in [-0.4, -0.2) is 60.9 Å². The number of rotatable bonds is 2. The highest BCUT2D eigenvalue weighted by Crippen LogP contribution is 2.29. The van der Waals surface area contributed by atoms with Crippen LogP contribution in [-0.2, 0) is 9.53 Å². The molecule has 0 aromatic heterocycles. The molecular formula is C13H24N2O3. The summed E-state index contributed by atoms with van der Waals surface area (Å²) in [7, 11) is 0. The van der Waals surface area contributed by atoms with Gasteiger partial charge in [-0.2, -0.15) is 0 Å². The van der Waals surface area contributed by atoms with Gasteiger partial charge in [-0.1, -0.05) is 0 Å². The molecule has 3 atom stereocenters. The highest BCUT2D eigenvalue weighted by molar-refractivity contribution is 5.83. The molecule has 0 aliphatic carbocycles. The van der Waals surface area contributed by atoms with E-state index in [4.69, 9.17) is 4.74 Å². The van der Waals surface area contributed by atoms with E-state index in [0.29, 0.717) is 13.1 Å². The average molecular weight is 256 g/mol. The molecule has 2 aliphatic rings. The van der Waals surface area contributed by atoms with Crippen molar-refractivity contribution < 1.29 is 14.6 Å². The van der Waals surface area contributed by atoms with E-state index < -0.39 is 0 Å². The number of aliphatic hydroxyl groups is 1. The average Bonchev–Trinajstić information content (AvgIpc) is 2.38. The first-order valence-corrected chi connectivity index (χ1v) is 6.81. The van der Waals surface area contributed by atoms with Crippen LogP contribution in [0.25, 0.3) is 0 Å². The number of carbonyl (C=O) groups is 1. The molecule has 0 spiro atoms. The number of amides is 1. The molecule has 104 valence electrons. The van der Waals surface area contributed by atoms with Crippen LogP contribution in [0.1, 0.15) is 26.7 Å². The van der Waals surface area contributed by atoms with E-state index in [9.17, 15) is 9.90 Å². The predicted molar refractivity (Wildman–Crippen MR) is 68.2 cm³/mol. The van der Waals surface area contributed by atoms with Crippen LogP contribution in [0.2, 0.25) is 0 Å². The van der Waals surface area contributed by atoms with Crippen LogP contribution in [0.15, 0.2) is 0 Å². The van der Waals surface area contributed by atoms with Gasteiger partial charge < -0.3 is 20.1 Å². The quantitative estimate of drug-likeness (QED) is 0.729. The van der Waals surface area contributed by atoms with Crippen molar-refractivity contribution in [3.05, 3.63) is 0 Å². The van der Waals surface area contributed by atoms with Crippen molar-refractivity contribution in [2.75, 3.05) is 32.8 Å². The first-order valence-electron chi connectivity index (χ1n) is 6.81. The van der Waals surface area contributed by atoms with E-state index in [1.54, 1.807) is 0 Å². The molecule has 0 aromatic carbocycles. The minimum absolute atomic E-state index is 0.000000236. The molecule has 0 bridgehead atoms. The molecule has 0 aromatic rings. The number of carbonyl (C=O) groups excluding carboxylic acids is 1. The summed E-state index contributed by atoms with van der Waals surface area (Å²) < 4.78 is 5.58. The number of nitrogens with one attached hydrogen (secondary N) is 1. The maximum Gasteiger partial charge on any atom is 0.229 e. The van der Waals surface area contributed by atoms with Gasteiger partial charge in [0.05, 0.1) is 24.2 Å². The van der Waals surface area contributed by atoms with Crippen molar-refractivity contribution in [2.45, 2.75) is 38.9 Å². The Morgan fingerprint density at radius 2 is 2.33 bits per heavy atom. The van der Waals surface area contributed by atoms with Gasteiger partial charge in [-0.15, -0.1) is 0 Å². The van der Waals surface area contributed by atoms with Gasteiger partial charge >= 0.3 is 0 Å². The van der Waals surface area contributed by atoms with Gasteiger partial charge in [0.25, 0.3) is 0 Å². The molecule has 2 fully saturated rings. The molecule has 0 saturated carbocycles. The molecule has 1 amide bonds. The third-order valence-electron chi connectivity index (χ3n) is 3.93. The molecular weight excluding hydrogens is 232 g/mol. The molecule has 2 aliphatic heterocycles. The lowest BCUT2D eigenvalue weighted by Crippen LogP contribution is -2.56. The minimum atomic E-state index is -0.296. The molecule has 0 radical (unpaired) electrons. The van der Waals surface area contributed by atoms with Gasteiger partial charge in [0.1, 0.15) is 0 Å². The largest absolute Gasteiger partial charge is 0.394 e. The monoisotopic (exact) mass is 256 g/mol. The molecule has 5 heteroatoms. The van der Waals surface area contributed by atoms with Crippen LogP contribution < -0.4 is 5.32 Å². The van der Waals surface area contributed by atoms with Crippen molar-refractivity contribution >= 4 is 5.91 Å². The summed E-state index contributed by atoms with van der Waals surface area (Å²) in [5, 5.41) is 12.5. The van der Waals surface area contributed by atoms with Gasteiger partial charge in [-0.3, -0.25) is 4.79 Å². The zero-order valence-corrected chi connectivity index (χ0v) is 11.3. The summed E-state index contributed by atoms with van der Waals surface area (Å²) >= 11 is 0. The Bertz CT molecular complexity index is 303. The first-order chi connectivity index (χ1) is 8.55. The summed E-state index contributed by atoms with van der Waals surface area (Å²) in [6.07, 6.45) is 1.75. The molecule has 18 heavy (non-hydrogen) atoms. The SMILES string of the molecule is CC1CN(C(=O)C2(C)CCCNC2)CC(CO)O1. The number of aliphatic hydroxyl groups excluding tert-OH is 1. The molecule has 3 unspecified atom stereocenters. The summed E-state index contributed by atoms with van der Waals surface area (Å²) in [6.45, 7) is 6.85. The minimum Gasteiger partial charge on any atom is -0.394 e. The summed E-state index contributed by atoms with van der Waals surface area (Å²) in [4.78, 5) is 14.5. The fourth-order valence-corrected chi connectivity index (χ4v) is 2.93. The van der Waals surface area contributed by atoms with E-state index in [0.717, 1.165) is 25.9 Å². The van der Waals surface area contributed by atoms with Gasteiger partial charge in [0, 0.05) is 19.6 Å². The zero-order valence-electron chi connectivity index (χ0n) is 11.3. The normalized spacial score (nSPS) is 37.6. The van der Waals surface area contributed by atoms with Crippen LogP contribution in [0.3, 0.4) is 0 Å². The number of hydrogen-bond donors (Lipinski definition) is 2. The van der Waals surface area contributed by atoms with E-state index in [1.165, 1.54) is 0 Å². The standard InChI is InChI=1S/C13H24N2O3/c1-10-6-15(7-11(8-16)18-10)12(17)13(2)4-3-5-14-9-13/h10-11,14,16H,3-9H2,1-2H3. The Kier molecular flexibility index (Phi) is 4.25. The smallest absolute Gasteiger partial charge is 0.229 e. The van der Waals surface area contributed by atoms with Crippen molar-refractivity contribution in [1.82, 2.24) is 10.2 Å². The number of piperidine rings is 1. The fourth-order valence-electron chi connectivity index (χ4n) is 2.93. The Morgan fingerprint density at radius 1 is 1.56 bits per heavy atom. The Balaban J connectivity index is 2.03. The number of ether oxygens (including phenoxy) is 1. The first kappa shape index (κ1) is 13.8. The maximum atomic E-state index is 12.6. The van der Waals surface area contributed by atoms with Gasteiger partial charge in [0.15, 0.2) is 0 Å². The molecule has 2 N–H and O–H groups in total. The highest BCUT2D eigenvalue weighted by Gasteiger charge is 2.40. The van der Waals surface area contributed by atoms with Crippen LogP contribution in [0, 0.1) is 5.41 Å². The zero-order chi connectivity index (χ0) is 13.2. The number of hydrogen-bond acceptors (Lipinski definition) is 4. The Hall–Kier alpha value is -0.650. The van der Waals surface area contributed by atoms with Crippen LogP contribution in [0.4, 0.5) is 0 Å². The number of morpholine rings is 1. The van der Waals surface area contributed by atoms with E-state index in [1.807, 2.05) is 18.7 Å². The molecule has 5 nitrogen and oxygen atoms in total. The molecule has 2 rings (SSSR count). The van der Waals surface area contributed by atoms with Crippen molar-refractivity contribution in [2.24, 2.45) is 5.41 Å². The van der Waals surface area contributed by atoms with E-state index in [2.05, 4.69) is 5.32 Å². The third-order valence-corrected chi connectivity index (χ3v) is 3.93. The maximum absolute atomic E-state index is 12.6. The van der Waals surface area contributed by atoms with Crippen molar-refractivity contribution in [1.29, 1.82) is 0 Å². The Morgan fingerprint density at radius 3 is 2.94 bits per heavy atom. The fraction of sp³-hybridized carbons (Fsp3) is 0.923. The highest BCUT2D eigenvalue weighted by atomic mass is 16.5. The second kappa shape index (κ2) is 5.55. The summed E-state index contributed by atoms with van der Waals surface area (Å²) in [6, 6.07) is 0. The van der Waals surface area contributed by atoms with Crippen molar-refractivity contribution in [3.63, 3.8) is 0 Å². The molecule has 2 saturated heterocycles. The molecule has 2 heterocycles. The summed E-state index contributed by atoms with van der Waals surface area (Å²) in [5.74, 6) is 0.198. The lowest BCUT2D eigenvalue weighted by molar-refractivity contribution is -0.157.